The molecular weight excluding hydrogens is 438 g/mol. The van der Waals surface area contributed by atoms with Crippen molar-refractivity contribution in [3.05, 3.63) is 111 Å². The van der Waals surface area contributed by atoms with E-state index in [1.54, 1.807) is 18.3 Å². The standard InChI is InChI=1S/C25H17N3O4S/c29-25-22(21-11-5-13-33-21)24(32-15-17-7-1-2-12-26-17)20-10-4-9-19(23(20)27-25)16-6-3-8-18(14-16)28(30)31/h1-14H,15H2,(H,27,29). The summed E-state index contributed by atoms with van der Waals surface area (Å²) in [6.45, 7) is 0.193. The van der Waals surface area contributed by atoms with E-state index in [1.165, 1.54) is 23.5 Å². The molecule has 0 spiro atoms. The molecule has 7 nitrogen and oxygen atoms in total. The number of hydrogen-bond acceptors (Lipinski definition) is 6. The number of nitro groups is 1. The molecule has 5 aromatic rings. The quantitative estimate of drug-likeness (QED) is 0.257. The van der Waals surface area contributed by atoms with Crippen molar-refractivity contribution in [2.75, 3.05) is 0 Å². The van der Waals surface area contributed by atoms with Crippen molar-refractivity contribution in [3.63, 3.8) is 0 Å². The van der Waals surface area contributed by atoms with Crippen molar-refractivity contribution in [2.24, 2.45) is 0 Å². The summed E-state index contributed by atoms with van der Waals surface area (Å²) in [6.07, 6.45) is 1.69. The fourth-order valence-corrected chi connectivity index (χ4v) is 4.51. The van der Waals surface area contributed by atoms with Gasteiger partial charge in [0.15, 0.2) is 0 Å². The van der Waals surface area contributed by atoms with Gasteiger partial charge in [0, 0.05) is 34.2 Å². The Hall–Kier alpha value is -4.30. The van der Waals surface area contributed by atoms with Crippen molar-refractivity contribution in [3.8, 4) is 27.3 Å². The Labute approximate surface area is 192 Å². The van der Waals surface area contributed by atoms with E-state index < -0.39 is 4.92 Å². The average Bonchev–Trinajstić information content (AvgIpc) is 3.37. The zero-order valence-electron chi connectivity index (χ0n) is 17.2. The Morgan fingerprint density at radius 1 is 1.03 bits per heavy atom. The molecule has 1 N–H and O–H groups in total. The Morgan fingerprint density at radius 3 is 2.67 bits per heavy atom. The second kappa shape index (κ2) is 8.68. The van der Waals surface area contributed by atoms with Gasteiger partial charge < -0.3 is 9.72 Å². The molecule has 0 aliphatic rings. The molecule has 0 radical (unpaired) electrons. The number of para-hydroxylation sites is 1. The summed E-state index contributed by atoms with van der Waals surface area (Å²) in [6, 6.07) is 21.2. The van der Waals surface area contributed by atoms with Crippen LogP contribution in [0.5, 0.6) is 5.75 Å². The van der Waals surface area contributed by atoms with E-state index in [0.29, 0.717) is 33.3 Å². The molecule has 162 valence electrons. The van der Waals surface area contributed by atoms with E-state index in [-0.39, 0.29) is 17.9 Å². The largest absolute Gasteiger partial charge is 0.486 e. The fourth-order valence-electron chi connectivity index (χ4n) is 3.74. The topological polar surface area (TPSA) is 98.1 Å². The van der Waals surface area contributed by atoms with Gasteiger partial charge in [0.1, 0.15) is 12.4 Å². The summed E-state index contributed by atoms with van der Waals surface area (Å²) in [7, 11) is 0. The Bertz CT molecular complexity index is 1510. The van der Waals surface area contributed by atoms with Crippen LogP contribution in [0.4, 0.5) is 5.69 Å². The molecule has 2 aromatic carbocycles. The van der Waals surface area contributed by atoms with Crippen LogP contribution in [0.1, 0.15) is 5.69 Å². The maximum atomic E-state index is 13.3. The lowest BCUT2D eigenvalue weighted by Crippen LogP contribution is -2.12. The summed E-state index contributed by atoms with van der Waals surface area (Å²) in [4.78, 5) is 32.2. The minimum absolute atomic E-state index is 0.0197. The molecule has 0 fully saturated rings. The maximum Gasteiger partial charge on any atom is 0.270 e. The first-order valence-electron chi connectivity index (χ1n) is 10.1. The van der Waals surface area contributed by atoms with Crippen molar-refractivity contribution in [2.45, 2.75) is 6.61 Å². The Balaban J connectivity index is 1.72. The molecule has 0 unspecified atom stereocenters. The van der Waals surface area contributed by atoms with Gasteiger partial charge in [-0.05, 0) is 35.2 Å². The van der Waals surface area contributed by atoms with Crippen LogP contribution in [0.25, 0.3) is 32.5 Å². The van der Waals surface area contributed by atoms with Gasteiger partial charge in [-0.2, -0.15) is 0 Å². The zero-order valence-corrected chi connectivity index (χ0v) is 18.0. The van der Waals surface area contributed by atoms with Crippen molar-refractivity contribution in [1.29, 1.82) is 0 Å². The van der Waals surface area contributed by atoms with Crippen molar-refractivity contribution >= 4 is 27.9 Å². The summed E-state index contributed by atoms with van der Waals surface area (Å²) < 4.78 is 6.21. The maximum absolute atomic E-state index is 13.3. The lowest BCUT2D eigenvalue weighted by Gasteiger charge is -2.15. The molecular formula is C25H17N3O4S. The van der Waals surface area contributed by atoms with Crippen LogP contribution in [-0.2, 0) is 6.61 Å². The number of aromatic nitrogens is 2. The van der Waals surface area contributed by atoms with Crippen LogP contribution in [0.3, 0.4) is 0 Å². The van der Waals surface area contributed by atoms with Crippen LogP contribution >= 0.6 is 11.3 Å². The van der Waals surface area contributed by atoms with Gasteiger partial charge in [-0.15, -0.1) is 11.3 Å². The van der Waals surface area contributed by atoms with Gasteiger partial charge in [-0.3, -0.25) is 19.9 Å². The number of non-ortho nitro benzene ring substituents is 1. The predicted octanol–water partition coefficient (Wildman–Crippen LogP) is 5.81. The summed E-state index contributed by atoms with van der Waals surface area (Å²) in [5.74, 6) is 0.453. The van der Waals surface area contributed by atoms with Crippen LogP contribution < -0.4 is 10.3 Å². The highest BCUT2D eigenvalue weighted by Crippen LogP contribution is 2.39. The zero-order chi connectivity index (χ0) is 22.8. The number of ether oxygens (including phenoxy) is 1. The number of nitro benzene ring substituents is 1. The smallest absolute Gasteiger partial charge is 0.270 e. The summed E-state index contributed by atoms with van der Waals surface area (Å²) >= 11 is 1.45. The van der Waals surface area contributed by atoms with E-state index in [2.05, 4.69) is 9.97 Å². The van der Waals surface area contributed by atoms with E-state index in [4.69, 9.17) is 4.74 Å². The van der Waals surface area contributed by atoms with Crippen molar-refractivity contribution < 1.29 is 9.66 Å². The number of benzene rings is 2. The lowest BCUT2D eigenvalue weighted by atomic mass is 9.99. The van der Waals surface area contributed by atoms with Gasteiger partial charge in [-0.1, -0.05) is 36.4 Å². The summed E-state index contributed by atoms with van der Waals surface area (Å²) in [5.41, 5.74) is 2.73. The predicted molar refractivity (Wildman–Crippen MR) is 129 cm³/mol. The second-order valence-corrected chi connectivity index (χ2v) is 8.23. The van der Waals surface area contributed by atoms with Crippen LogP contribution in [0, 0.1) is 10.1 Å². The number of pyridine rings is 2. The number of nitrogens with one attached hydrogen (secondary N) is 1. The van der Waals surface area contributed by atoms with Crippen molar-refractivity contribution in [1.82, 2.24) is 9.97 Å². The number of fused-ring (bicyclic) bond motifs is 1. The molecule has 0 aliphatic heterocycles. The molecule has 0 saturated carbocycles. The third-order valence-electron chi connectivity index (χ3n) is 5.23. The molecule has 0 saturated heterocycles. The fraction of sp³-hybridized carbons (Fsp3) is 0.0400. The third kappa shape index (κ3) is 3.99. The summed E-state index contributed by atoms with van der Waals surface area (Å²) in [5, 5.41) is 13.9. The molecule has 5 rings (SSSR count). The minimum atomic E-state index is -0.437. The number of thiophene rings is 1. The number of hydrogen-bond donors (Lipinski definition) is 1. The molecule has 0 amide bonds. The first kappa shape index (κ1) is 20.6. The minimum Gasteiger partial charge on any atom is -0.486 e. The third-order valence-corrected chi connectivity index (χ3v) is 6.12. The van der Waals surface area contributed by atoms with E-state index in [0.717, 1.165) is 10.6 Å². The SMILES string of the molecule is O=c1[nH]c2c(-c3cccc([N+](=O)[O-])c3)cccc2c(OCc2ccccn2)c1-c1cccs1. The lowest BCUT2D eigenvalue weighted by molar-refractivity contribution is -0.384. The Morgan fingerprint density at radius 2 is 1.91 bits per heavy atom. The normalized spacial score (nSPS) is 10.9. The highest BCUT2D eigenvalue weighted by atomic mass is 32.1. The first-order chi connectivity index (χ1) is 16.1. The van der Waals surface area contributed by atoms with Crippen LogP contribution in [0.15, 0.2) is 89.2 Å². The Kier molecular flexibility index (Phi) is 5.42. The van der Waals surface area contributed by atoms with Gasteiger partial charge in [0.05, 0.1) is 21.7 Å². The van der Waals surface area contributed by atoms with Gasteiger partial charge in [0.2, 0.25) is 0 Å². The molecule has 0 bridgehead atoms. The number of aromatic amines is 1. The molecule has 33 heavy (non-hydrogen) atoms. The monoisotopic (exact) mass is 455 g/mol. The first-order valence-corrected chi connectivity index (χ1v) is 11.0. The van der Waals surface area contributed by atoms with E-state index in [9.17, 15) is 14.9 Å². The highest BCUT2D eigenvalue weighted by Gasteiger charge is 2.20. The van der Waals surface area contributed by atoms with Crippen LogP contribution in [0.2, 0.25) is 0 Å². The van der Waals surface area contributed by atoms with Gasteiger partial charge in [-0.25, -0.2) is 0 Å². The van der Waals surface area contributed by atoms with E-state index >= 15 is 0 Å². The number of rotatable bonds is 6. The van der Waals surface area contributed by atoms with Gasteiger partial charge in [0.25, 0.3) is 11.2 Å². The molecule has 3 heterocycles. The van der Waals surface area contributed by atoms with Crippen LogP contribution in [-0.4, -0.2) is 14.9 Å². The van der Waals surface area contributed by atoms with E-state index in [1.807, 2.05) is 53.9 Å². The molecule has 0 atom stereocenters. The average molecular weight is 455 g/mol. The molecule has 3 aromatic heterocycles. The molecule has 8 heteroatoms. The number of H-pyrrole nitrogens is 1. The van der Waals surface area contributed by atoms with Gasteiger partial charge >= 0.3 is 0 Å². The molecule has 0 aliphatic carbocycles. The number of nitrogens with zero attached hydrogens (tertiary/aromatic N) is 2. The second-order valence-electron chi connectivity index (χ2n) is 7.28. The highest BCUT2D eigenvalue weighted by molar-refractivity contribution is 7.13.